The van der Waals surface area contributed by atoms with Crippen LogP contribution in [0.4, 0.5) is 5.69 Å². The maximum Gasteiger partial charge on any atom is 0.305 e. The molecule has 0 saturated heterocycles. The zero-order chi connectivity index (χ0) is 16.3. The largest absolute Gasteiger partial charge is 0.494 e. The number of ether oxygens (including phenoxy) is 2. The highest BCUT2D eigenvalue weighted by atomic mass is 16.5. The highest BCUT2D eigenvalue weighted by molar-refractivity contribution is 5.98. The molecule has 2 rings (SSSR count). The topological polar surface area (TPSA) is 51.7 Å². The molecule has 0 bridgehead atoms. The van der Waals surface area contributed by atoms with Crippen LogP contribution in [-0.2, 0) is 16.0 Å². The van der Waals surface area contributed by atoms with Gasteiger partial charge in [0.2, 0.25) is 0 Å². The van der Waals surface area contributed by atoms with E-state index in [2.05, 4.69) is 9.88 Å². The molecule has 22 heavy (non-hydrogen) atoms. The van der Waals surface area contributed by atoms with E-state index in [1.807, 2.05) is 39.2 Å². The van der Waals surface area contributed by atoms with Crippen LogP contribution in [0.1, 0.15) is 17.7 Å². The second kappa shape index (κ2) is 6.64. The van der Waals surface area contributed by atoms with Gasteiger partial charge in [0.1, 0.15) is 11.3 Å². The van der Waals surface area contributed by atoms with Crippen molar-refractivity contribution in [1.82, 2.24) is 4.98 Å². The fraction of sp³-hybridized carbons (Fsp3) is 0.412. The predicted molar refractivity (Wildman–Crippen MR) is 87.7 cm³/mol. The number of pyridine rings is 1. The first-order chi connectivity index (χ1) is 10.5. The van der Waals surface area contributed by atoms with Crippen molar-refractivity contribution in [3.63, 3.8) is 0 Å². The standard InChI is InChI=1S/C17H22N2O3/c1-11-10-13(19(2)3)16-12(7-9-15(20)22-5)6-8-14(21-4)17(16)18-11/h6,8,10H,7,9H2,1-5H3. The third kappa shape index (κ3) is 3.13. The number of rotatable bonds is 5. The molecule has 1 heterocycles. The second-order valence-corrected chi connectivity index (χ2v) is 5.40. The van der Waals surface area contributed by atoms with E-state index < -0.39 is 0 Å². The Hall–Kier alpha value is -2.30. The summed E-state index contributed by atoms with van der Waals surface area (Å²) in [6.07, 6.45) is 0.956. The molecule has 0 saturated carbocycles. The van der Waals surface area contributed by atoms with E-state index in [0.717, 1.165) is 33.6 Å². The monoisotopic (exact) mass is 302 g/mol. The molecule has 0 fully saturated rings. The SMILES string of the molecule is COC(=O)CCc1ccc(OC)c2nc(C)cc(N(C)C)c12. The van der Waals surface area contributed by atoms with Crippen LogP contribution in [0.25, 0.3) is 10.9 Å². The number of carbonyl (C=O) groups is 1. The van der Waals surface area contributed by atoms with Crippen LogP contribution in [0.5, 0.6) is 5.75 Å². The summed E-state index contributed by atoms with van der Waals surface area (Å²) in [6, 6.07) is 5.94. The van der Waals surface area contributed by atoms with Crippen LogP contribution in [0.2, 0.25) is 0 Å². The molecule has 0 amide bonds. The summed E-state index contributed by atoms with van der Waals surface area (Å²) >= 11 is 0. The summed E-state index contributed by atoms with van der Waals surface area (Å²) in [7, 11) is 7.04. The molecule has 0 N–H and O–H groups in total. The summed E-state index contributed by atoms with van der Waals surface area (Å²) in [5.41, 5.74) is 3.90. The summed E-state index contributed by atoms with van der Waals surface area (Å²) in [4.78, 5) is 18.1. The highest BCUT2D eigenvalue weighted by Crippen LogP contribution is 2.34. The van der Waals surface area contributed by atoms with Gasteiger partial charge in [-0.3, -0.25) is 4.79 Å². The third-order valence-electron chi connectivity index (χ3n) is 3.64. The maximum atomic E-state index is 11.4. The average molecular weight is 302 g/mol. The Bertz CT molecular complexity index is 696. The molecule has 0 aliphatic heterocycles. The number of fused-ring (bicyclic) bond motifs is 1. The minimum absolute atomic E-state index is 0.213. The van der Waals surface area contributed by atoms with E-state index in [0.29, 0.717) is 12.8 Å². The van der Waals surface area contributed by atoms with Crippen molar-refractivity contribution in [1.29, 1.82) is 0 Å². The Morgan fingerprint density at radius 1 is 1.27 bits per heavy atom. The van der Waals surface area contributed by atoms with Crippen molar-refractivity contribution in [3.8, 4) is 5.75 Å². The second-order valence-electron chi connectivity index (χ2n) is 5.40. The van der Waals surface area contributed by atoms with Gasteiger partial charge in [0, 0.05) is 37.3 Å². The molecule has 0 aliphatic carbocycles. The lowest BCUT2D eigenvalue weighted by atomic mass is 10.0. The van der Waals surface area contributed by atoms with Crippen molar-refractivity contribution in [2.75, 3.05) is 33.2 Å². The van der Waals surface area contributed by atoms with Crippen LogP contribution in [0.3, 0.4) is 0 Å². The number of aromatic nitrogens is 1. The van der Waals surface area contributed by atoms with E-state index >= 15 is 0 Å². The van der Waals surface area contributed by atoms with Crippen molar-refractivity contribution < 1.29 is 14.3 Å². The first-order valence-corrected chi connectivity index (χ1v) is 7.19. The van der Waals surface area contributed by atoms with E-state index in [1.54, 1.807) is 7.11 Å². The zero-order valence-corrected chi connectivity index (χ0v) is 13.8. The average Bonchev–Trinajstić information content (AvgIpc) is 2.50. The number of hydrogen-bond acceptors (Lipinski definition) is 5. The predicted octanol–water partition coefficient (Wildman–Crippen LogP) is 2.72. The van der Waals surface area contributed by atoms with E-state index in [1.165, 1.54) is 7.11 Å². The molecular weight excluding hydrogens is 280 g/mol. The Morgan fingerprint density at radius 3 is 2.59 bits per heavy atom. The van der Waals surface area contributed by atoms with E-state index in [4.69, 9.17) is 9.47 Å². The van der Waals surface area contributed by atoms with Gasteiger partial charge in [0.05, 0.1) is 14.2 Å². The lowest BCUT2D eigenvalue weighted by molar-refractivity contribution is -0.140. The van der Waals surface area contributed by atoms with E-state index in [9.17, 15) is 4.79 Å². The molecule has 0 radical (unpaired) electrons. The highest BCUT2D eigenvalue weighted by Gasteiger charge is 2.15. The van der Waals surface area contributed by atoms with Crippen LogP contribution in [-0.4, -0.2) is 39.3 Å². The quantitative estimate of drug-likeness (QED) is 0.795. The van der Waals surface area contributed by atoms with Crippen molar-refractivity contribution in [3.05, 3.63) is 29.5 Å². The molecule has 5 nitrogen and oxygen atoms in total. The number of nitrogens with zero attached hydrogens (tertiary/aromatic N) is 2. The fourth-order valence-electron chi connectivity index (χ4n) is 2.55. The lowest BCUT2D eigenvalue weighted by Crippen LogP contribution is -2.11. The third-order valence-corrected chi connectivity index (χ3v) is 3.64. The van der Waals surface area contributed by atoms with Gasteiger partial charge < -0.3 is 14.4 Å². The molecule has 0 spiro atoms. The molecule has 0 atom stereocenters. The summed E-state index contributed by atoms with van der Waals surface area (Å²) in [5.74, 6) is 0.527. The van der Waals surface area contributed by atoms with Crippen molar-refractivity contribution >= 4 is 22.6 Å². The number of hydrogen-bond donors (Lipinski definition) is 0. The Labute approximate surface area is 130 Å². The van der Waals surface area contributed by atoms with Gasteiger partial charge in [-0.2, -0.15) is 0 Å². The molecular formula is C17H22N2O3. The number of anilines is 1. The van der Waals surface area contributed by atoms with Crippen LogP contribution in [0, 0.1) is 6.92 Å². The summed E-state index contributed by atoms with van der Waals surface area (Å²) < 4.78 is 10.2. The lowest BCUT2D eigenvalue weighted by Gasteiger charge is -2.19. The first kappa shape index (κ1) is 16.1. The van der Waals surface area contributed by atoms with Gasteiger partial charge in [0.15, 0.2) is 0 Å². The van der Waals surface area contributed by atoms with Gasteiger partial charge in [-0.05, 0) is 31.0 Å². The van der Waals surface area contributed by atoms with Crippen LogP contribution in [0.15, 0.2) is 18.2 Å². The molecule has 1 aromatic carbocycles. The molecule has 5 heteroatoms. The van der Waals surface area contributed by atoms with E-state index in [-0.39, 0.29) is 5.97 Å². The fourth-order valence-corrected chi connectivity index (χ4v) is 2.55. The Morgan fingerprint density at radius 2 is 2.00 bits per heavy atom. The number of carbonyl (C=O) groups excluding carboxylic acids is 1. The van der Waals surface area contributed by atoms with Crippen LogP contribution < -0.4 is 9.64 Å². The number of benzene rings is 1. The first-order valence-electron chi connectivity index (χ1n) is 7.19. The Balaban J connectivity index is 2.64. The minimum Gasteiger partial charge on any atom is -0.494 e. The summed E-state index contributed by atoms with van der Waals surface area (Å²) in [5, 5.41) is 1.03. The van der Waals surface area contributed by atoms with Gasteiger partial charge in [-0.25, -0.2) is 4.98 Å². The molecule has 118 valence electrons. The normalized spacial score (nSPS) is 10.6. The molecule has 0 unspecified atom stereocenters. The van der Waals surface area contributed by atoms with Gasteiger partial charge in [0.25, 0.3) is 0 Å². The summed E-state index contributed by atoms with van der Waals surface area (Å²) in [6.45, 7) is 1.97. The number of methoxy groups -OCH3 is 2. The minimum atomic E-state index is -0.213. The number of aryl methyl sites for hydroxylation is 2. The van der Waals surface area contributed by atoms with Crippen LogP contribution >= 0.6 is 0 Å². The molecule has 0 aliphatic rings. The number of esters is 1. The smallest absolute Gasteiger partial charge is 0.305 e. The maximum absolute atomic E-state index is 11.4. The van der Waals surface area contributed by atoms with Gasteiger partial charge >= 0.3 is 5.97 Å². The molecule has 2 aromatic rings. The Kier molecular flexibility index (Phi) is 4.85. The van der Waals surface area contributed by atoms with Crippen molar-refractivity contribution in [2.24, 2.45) is 0 Å². The molecule has 1 aromatic heterocycles. The van der Waals surface area contributed by atoms with Gasteiger partial charge in [-0.1, -0.05) is 6.07 Å². The van der Waals surface area contributed by atoms with Crippen molar-refractivity contribution in [2.45, 2.75) is 19.8 Å². The zero-order valence-electron chi connectivity index (χ0n) is 13.8. The van der Waals surface area contributed by atoms with Gasteiger partial charge in [-0.15, -0.1) is 0 Å².